The fourth-order valence-corrected chi connectivity index (χ4v) is 5.86. The second-order valence-electron chi connectivity index (χ2n) is 7.10. The van der Waals surface area contributed by atoms with E-state index in [1.165, 1.54) is 4.31 Å². The number of aryl methyl sites for hydroxylation is 2. The molecule has 2 fully saturated rings. The Morgan fingerprint density at radius 2 is 1.93 bits per heavy atom. The third kappa shape index (κ3) is 2.86. The van der Waals surface area contributed by atoms with Gasteiger partial charge in [-0.1, -0.05) is 35.5 Å². The molecule has 3 heterocycles. The second-order valence-corrected chi connectivity index (χ2v) is 8.98. The highest BCUT2D eigenvalue weighted by molar-refractivity contribution is 7.89. The highest BCUT2D eigenvalue weighted by Gasteiger charge is 2.54. The Kier molecular flexibility index (Phi) is 4.32. The van der Waals surface area contributed by atoms with Crippen LogP contribution in [0.3, 0.4) is 0 Å². The molecule has 4 rings (SSSR count). The van der Waals surface area contributed by atoms with Crippen LogP contribution in [-0.4, -0.2) is 59.0 Å². The lowest BCUT2D eigenvalue weighted by Gasteiger charge is -2.25. The highest BCUT2D eigenvalue weighted by atomic mass is 32.2. The van der Waals surface area contributed by atoms with E-state index in [9.17, 15) is 18.3 Å². The Balaban J connectivity index is 1.61. The summed E-state index contributed by atoms with van der Waals surface area (Å²) in [5.41, 5.74) is 1.24. The molecule has 0 radical (unpaired) electrons. The van der Waals surface area contributed by atoms with Gasteiger partial charge in [-0.3, -0.25) is 4.79 Å². The quantitative estimate of drug-likeness (QED) is 0.822. The maximum atomic E-state index is 13.1. The van der Waals surface area contributed by atoms with Gasteiger partial charge in [0.2, 0.25) is 10.0 Å². The van der Waals surface area contributed by atoms with E-state index in [1.54, 1.807) is 18.7 Å². The standard InChI is InChI=1S/C18H21N3O5S/c1-11-17(12(2)26-19-11)27(24,25)20-9-14-15(10-20)21(18(23)16(14)22)8-13-6-4-3-5-7-13/h3-7,14-16,22H,8-10H2,1-2H3/t14-,15+,16-/m0/s1. The van der Waals surface area contributed by atoms with Gasteiger partial charge in [0, 0.05) is 25.6 Å². The number of hydrogen-bond donors (Lipinski definition) is 1. The number of rotatable bonds is 4. The van der Waals surface area contributed by atoms with Crippen molar-refractivity contribution in [1.29, 1.82) is 0 Å². The molecule has 2 aromatic rings. The molecule has 2 aliphatic rings. The van der Waals surface area contributed by atoms with Gasteiger partial charge in [0.25, 0.3) is 5.91 Å². The SMILES string of the molecule is Cc1noc(C)c1S(=O)(=O)N1C[C@@H]2[C@H](O)C(=O)N(Cc3ccccc3)[C@@H]2C1. The largest absolute Gasteiger partial charge is 0.383 e. The first-order chi connectivity index (χ1) is 12.8. The fourth-order valence-electron chi connectivity index (χ4n) is 4.08. The molecule has 1 aromatic carbocycles. The summed E-state index contributed by atoms with van der Waals surface area (Å²) in [6, 6.07) is 9.10. The van der Waals surface area contributed by atoms with Crippen molar-refractivity contribution in [2.45, 2.75) is 37.4 Å². The molecule has 0 aliphatic carbocycles. The summed E-state index contributed by atoms with van der Waals surface area (Å²) in [6.45, 7) is 3.73. The van der Waals surface area contributed by atoms with Crippen LogP contribution in [0.2, 0.25) is 0 Å². The Labute approximate surface area is 157 Å². The van der Waals surface area contributed by atoms with E-state index < -0.39 is 22.0 Å². The van der Waals surface area contributed by atoms with Crippen LogP contribution in [0.1, 0.15) is 17.0 Å². The number of hydrogen-bond acceptors (Lipinski definition) is 6. The number of aromatic nitrogens is 1. The topological polar surface area (TPSA) is 104 Å². The summed E-state index contributed by atoms with van der Waals surface area (Å²) in [5, 5.41) is 14.1. The molecule has 144 valence electrons. The summed E-state index contributed by atoms with van der Waals surface area (Å²) >= 11 is 0. The predicted molar refractivity (Wildman–Crippen MR) is 95.0 cm³/mol. The number of carbonyl (C=O) groups excluding carboxylic acids is 1. The van der Waals surface area contributed by atoms with Crippen LogP contribution in [0.15, 0.2) is 39.8 Å². The highest BCUT2D eigenvalue weighted by Crippen LogP contribution is 2.37. The molecule has 27 heavy (non-hydrogen) atoms. The first kappa shape index (κ1) is 18.1. The van der Waals surface area contributed by atoms with E-state index >= 15 is 0 Å². The average molecular weight is 391 g/mol. The molecular formula is C18H21N3O5S. The molecule has 2 saturated heterocycles. The van der Waals surface area contributed by atoms with Gasteiger partial charge in [0.15, 0.2) is 5.76 Å². The minimum absolute atomic E-state index is 0.0675. The van der Waals surface area contributed by atoms with E-state index in [1.807, 2.05) is 30.3 Å². The Hall–Kier alpha value is -2.23. The third-order valence-electron chi connectivity index (χ3n) is 5.40. The molecule has 8 nitrogen and oxygen atoms in total. The molecule has 2 aliphatic heterocycles. The van der Waals surface area contributed by atoms with Crippen molar-refractivity contribution in [1.82, 2.24) is 14.4 Å². The molecule has 0 unspecified atom stereocenters. The number of fused-ring (bicyclic) bond motifs is 1. The van der Waals surface area contributed by atoms with Crippen molar-refractivity contribution >= 4 is 15.9 Å². The van der Waals surface area contributed by atoms with E-state index in [0.717, 1.165) is 5.56 Å². The Bertz CT molecular complexity index is 953. The Morgan fingerprint density at radius 3 is 2.56 bits per heavy atom. The fraction of sp³-hybridized carbons (Fsp3) is 0.444. The zero-order chi connectivity index (χ0) is 19.3. The minimum atomic E-state index is -3.81. The number of benzene rings is 1. The lowest BCUT2D eigenvalue weighted by molar-refractivity contribution is -0.136. The average Bonchev–Trinajstić information content (AvgIpc) is 3.28. The summed E-state index contributed by atoms with van der Waals surface area (Å²) in [7, 11) is -3.81. The summed E-state index contributed by atoms with van der Waals surface area (Å²) in [4.78, 5) is 14.2. The predicted octanol–water partition coefficient (Wildman–Crippen LogP) is 0.684. The molecule has 1 amide bonds. The number of aliphatic hydroxyl groups is 1. The van der Waals surface area contributed by atoms with Crippen molar-refractivity contribution in [3.05, 3.63) is 47.3 Å². The smallest absolute Gasteiger partial charge is 0.252 e. The van der Waals surface area contributed by atoms with Crippen molar-refractivity contribution in [3.63, 3.8) is 0 Å². The summed E-state index contributed by atoms with van der Waals surface area (Å²) < 4.78 is 32.5. The van der Waals surface area contributed by atoms with Gasteiger partial charge in [0.1, 0.15) is 16.7 Å². The first-order valence-electron chi connectivity index (χ1n) is 8.76. The van der Waals surface area contributed by atoms with Gasteiger partial charge < -0.3 is 14.5 Å². The van der Waals surface area contributed by atoms with Gasteiger partial charge in [-0.05, 0) is 19.4 Å². The molecular weight excluding hydrogens is 370 g/mol. The number of likely N-dealkylation sites (tertiary alicyclic amines) is 1. The summed E-state index contributed by atoms with van der Waals surface area (Å²) in [6.07, 6.45) is -1.19. The van der Waals surface area contributed by atoms with E-state index in [4.69, 9.17) is 4.52 Å². The molecule has 9 heteroatoms. The van der Waals surface area contributed by atoms with Gasteiger partial charge in [-0.2, -0.15) is 4.31 Å². The summed E-state index contributed by atoms with van der Waals surface area (Å²) in [5.74, 6) is -0.554. The molecule has 0 saturated carbocycles. The Morgan fingerprint density at radius 1 is 1.22 bits per heavy atom. The molecule has 0 bridgehead atoms. The van der Waals surface area contributed by atoms with Crippen molar-refractivity contribution in [2.75, 3.05) is 13.1 Å². The number of aliphatic hydroxyl groups excluding tert-OH is 1. The van der Waals surface area contributed by atoms with Gasteiger partial charge >= 0.3 is 0 Å². The number of amides is 1. The number of nitrogens with zero attached hydrogens (tertiary/aromatic N) is 3. The van der Waals surface area contributed by atoms with Crippen LogP contribution >= 0.6 is 0 Å². The van der Waals surface area contributed by atoms with Gasteiger partial charge in [-0.15, -0.1) is 0 Å². The number of carbonyl (C=O) groups is 1. The van der Waals surface area contributed by atoms with Gasteiger partial charge in [-0.25, -0.2) is 8.42 Å². The van der Waals surface area contributed by atoms with Crippen LogP contribution in [0.4, 0.5) is 0 Å². The van der Waals surface area contributed by atoms with Crippen LogP contribution in [0.25, 0.3) is 0 Å². The normalized spacial score (nSPS) is 26.0. The minimum Gasteiger partial charge on any atom is -0.383 e. The van der Waals surface area contributed by atoms with Crippen LogP contribution < -0.4 is 0 Å². The lowest BCUT2D eigenvalue weighted by Crippen LogP contribution is -2.40. The van der Waals surface area contributed by atoms with Gasteiger partial charge in [0.05, 0.1) is 6.04 Å². The van der Waals surface area contributed by atoms with Crippen LogP contribution in [0, 0.1) is 19.8 Å². The molecule has 3 atom stereocenters. The zero-order valence-corrected chi connectivity index (χ0v) is 15.9. The lowest BCUT2D eigenvalue weighted by atomic mass is 10.0. The molecule has 1 aromatic heterocycles. The van der Waals surface area contributed by atoms with E-state index in [0.29, 0.717) is 12.2 Å². The van der Waals surface area contributed by atoms with E-state index in [-0.39, 0.29) is 35.7 Å². The van der Waals surface area contributed by atoms with Crippen molar-refractivity contribution in [3.8, 4) is 0 Å². The third-order valence-corrected chi connectivity index (χ3v) is 7.48. The monoisotopic (exact) mass is 391 g/mol. The van der Waals surface area contributed by atoms with Crippen molar-refractivity contribution < 1.29 is 22.8 Å². The number of sulfonamides is 1. The van der Waals surface area contributed by atoms with Crippen molar-refractivity contribution in [2.24, 2.45) is 5.92 Å². The molecule has 1 N–H and O–H groups in total. The zero-order valence-electron chi connectivity index (χ0n) is 15.1. The molecule has 0 spiro atoms. The maximum absolute atomic E-state index is 13.1. The first-order valence-corrected chi connectivity index (χ1v) is 10.2. The van der Waals surface area contributed by atoms with Crippen LogP contribution in [0.5, 0.6) is 0 Å². The maximum Gasteiger partial charge on any atom is 0.252 e. The van der Waals surface area contributed by atoms with E-state index in [2.05, 4.69) is 5.16 Å². The second kappa shape index (κ2) is 6.43. The van der Waals surface area contributed by atoms with Crippen LogP contribution in [-0.2, 0) is 21.4 Å².